The molecule has 3 nitrogen and oxygen atoms in total. The molecule has 0 bridgehead atoms. The minimum atomic E-state index is -0.222. The minimum absolute atomic E-state index is 0.222. The maximum absolute atomic E-state index is 9.65. The van der Waals surface area contributed by atoms with Crippen molar-refractivity contribution in [3.05, 3.63) is 0 Å². The van der Waals surface area contributed by atoms with Gasteiger partial charge in [-0.1, -0.05) is 6.92 Å². The van der Waals surface area contributed by atoms with E-state index in [0.717, 1.165) is 13.0 Å². The lowest BCUT2D eigenvalue weighted by molar-refractivity contribution is 0.0821. The van der Waals surface area contributed by atoms with Gasteiger partial charge in [-0.3, -0.25) is 0 Å². The maximum Gasteiger partial charge on any atom is 0.0555 e. The van der Waals surface area contributed by atoms with Crippen LogP contribution in [0.3, 0.4) is 0 Å². The maximum atomic E-state index is 9.65. The number of nitrogens with one attached hydrogen (secondary N) is 2. The Morgan fingerprint density at radius 3 is 2.43 bits per heavy atom. The van der Waals surface area contributed by atoms with Crippen LogP contribution >= 0.6 is 0 Å². The van der Waals surface area contributed by atoms with E-state index in [0.29, 0.717) is 24.0 Å². The zero-order valence-electron chi connectivity index (χ0n) is 9.75. The summed E-state index contributed by atoms with van der Waals surface area (Å²) in [6.07, 6.45) is 0.804. The van der Waals surface area contributed by atoms with Crippen molar-refractivity contribution in [1.29, 1.82) is 0 Å². The average molecular weight is 200 g/mol. The Hall–Kier alpha value is -0.120. The molecule has 1 fully saturated rings. The van der Waals surface area contributed by atoms with Gasteiger partial charge in [0.2, 0.25) is 0 Å². The van der Waals surface area contributed by atoms with Gasteiger partial charge >= 0.3 is 0 Å². The molecule has 0 aromatic carbocycles. The summed E-state index contributed by atoms with van der Waals surface area (Å²) in [4.78, 5) is 0. The summed E-state index contributed by atoms with van der Waals surface area (Å²) >= 11 is 0. The first-order valence-corrected chi connectivity index (χ1v) is 5.73. The summed E-state index contributed by atoms with van der Waals surface area (Å²) in [6, 6.07) is 1.42. The van der Waals surface area contributed by atoms with E-state index in [2.05, 4.69) is 31.4 Å². The third kappa shape index (κ3) is 2.69. The highest BCUT2D eigenvalue weighted by Crippen LogP contribution is 2.17. The van der Waals surface area contributed by atoms with Crippen molar-refractivity contribution < 1.29 is 5.11 Å². The minimum Gasteiger partial charge on any atom is -0.393 e. The molecule has 3 heteroatoms. The van der Waals surface area contributed by atoms with Crippen LogP contribution in [0.5, 0.6) is 0 Å². The lowest BCUT2D eigenvalue weighted by Crippen LogP contribution is -2.61. The van der Waals surface area contributed by atoms with Crippen LogP contribution < -0.4 is 10.6 Å². The highest BCUT2D eigenvalue weighted by molar-refractivity contribution is 4.91. The van der Waals surface area contributed by atoms with E-state index >= 15 is 0 Å². The molecule has 0 aliphatic carbocycles. The lowest BCUT2D eigenvalue weighted by Gasteiger charge is -2.39. The Morgan fingerprint density at radius 2 is 2.00 bits per heavy atom. The Morgan fingerprint density at radius 1 is 1.36 bits per heavy atom. The summed E-state index contributed by atoms with van der Waals surface area (Å²) in [5.41, 5.74) is 0. The molecule has 0 saturated carbocycles. The molecule has 0 spiro atoms. The van der Waals surface area contributed by atoms with Crippen LogP contribution in [0.4, 0.5) is 0 Å². The fourth-order valence-electron chi connectivity index (χ4n) is 2.27. The monoisotopic (exact) mass is 200 g/mol. The van der Waals surface area contributed by atoms with Crippen LogP contribution in [-0.4, -0.2) is 35.9 Å². The predicted octanol–water partition coefficient (Wildman–Crippen LogP) is 0.732. The standard InChI is InChI=1S/C11H24N2O/c1-5-10(9(4)14)11-6-12-7(2)8(3)13-11/h7-14H,5-6H2,1-4H3. The molecular formula is C11H24N2O. The van der Waals surface area contributed by atoms with E-state index in [9.17, 15) is 5.11 Å². The molecule has 5 atom stereocenters. The Balaban J connectivity index is 2.52. The first-order valence-electron chi connectivity index (χ1n) is 5.73. The summed E-state index contributed by atoms with van der Waals surface area (Å²) in [6.45, 7) is 9.38. The first-order chi connectivity index (χ1) is 6.56. The summed E-state index contributed by atoms with van der Waals surface area (Å²) in [7, 11) is 0. The Labute approximate surface area is 87.3 Å². The van der Waals surface area contributed by atoms with Crippen LogP contribution in [0.2, 0.25) is 0 Å². The van der Waals surface area contributed by atoms with Gasteiger partial charge in [0.15, 0.2) is 0 Å². The van der Waals surface area contributed by atoms with E-state index < -0.39 is 0 Å². The van der Waals surface area contributed by atoms with Gasteiger partial charge in [-0.15, -0.1) is 0 Å². The molecule has 5 unspecified atom stereocenters. The van der Waals surface area contributed by atoms with Crippen molar-refractivity contribution in [2.75, 3.05) is 6.54 Å². The Kier molecular flexibility index (Phi) is 4.35. The van der Waals surface area contributed by atoms with Crippen molar-refractivity contribution in [2.24, 2.45) is 5.92 Å². The van der Waals surface area contributed by atoms with Gasteiger partial charge in [0.1, 0.15) is 0 Å². The van der Waals surface area contributed by atoms with Gasteiger partial charge < -0.3 is 15.7 Å². The molecule has 0 aromatic heterocycles. The molecule has 0 aromatic rings. The van der Waals surface area contributed by atoms with E-state index in [-0.39, 0.29) is 6.10 Å². The van der Waals surface area contributed by atoms with Gasteiger partial charge in [-0.25, -0.2) is 0 Å². The van der Waals surface area contributed by atoms with E-state index in [1.807, 2.05) is 6.92 Å². The highest BCUT2D eigenvalue weighted by atomic mass is 16.3. The van der Waals surface area contributed by atoms with Crippen molar-refractivity contribution in [3.63, 3.8) is 0 Å². The molecule has 1 heterocycles. The number of hydrogen-bond donors (Lipinski definition) is 3. The van der Waals surface area contributed by atoms with Crippen molar-refractivity contribution in [2.45, 2.75) is 58.3 Å². The van der Waals surface area contributed by atoms with Crippen molar-refractivity contribution in [1.82, 2.24) is 10.6 Å². The van der Waals surface area contributed by atoms with Crippen LogP contribution in [0.15, 0.2) is 0 Å². The summed E-state index contributed by atoms with van der Waals surface area (Å²) in [5.74, 6) is 0.359. The smallest absolute Gasteiger partial charge is 0.0555 e. The zero-order valence-corrected chi connectivity index (χ0v) is 9.75. The van der Waals surface area contributed by atoms with Crippen molar-refractivity contribution >= 4 is 0 Å². The second-order valence-corrected chi connectivity index (χ2v) is 4.57. The molecule has 3 N–H and O–H groups in total. The van der Waals surface area contributed by atoms with E-state index in [4.69, 9.17) is 0 Å². The van der Waals surface area contributed by atoms with Crippen LogP contribution in [0.25, 0.3) is 0 Å². The number of aliphatic hydroxyl groups is 1. The highest BCUT2D eigenvalue weighted by Gasteiger charge is 2.30. The third-order valence-electron chi connectivity index (χ3n) is 3.49. The first kappa shape index (κ1) is 12.0. The molecule has 1 aliphatic rings. The van der Waals surface area contributed by atoms with E-state index in [1.165, 1.54) is 0 Å². The van der Waals surface area contributed by atoms with Crippen LogP contribution in [0.1, 0.15) is 34.1 Å². The fourth-order valence-corrected chi connectivity index (χ4v) is 2.27. The average Bonchev–Trinajstić information content (AvgIpc) is 2.11. The topological polar surface area (TPSA) is 44.3 Å². The SMILES string of the molecule is CCC(C(C)O)C1CNC(C)C(C)N1. The number of rotatable bonds is 3. The fraction of sp³-hybridized carbons (Fsp3) is 1.00. The predicted molar refractivity (Wildman–Crippen MR) is 59.3 cm³/mol. The molecule has 1 saturated heterocycles. The Bertz CT molecular complexity index is 173. The van der Waals surface area contributed by atoms with Crippen LogP contribution in [0, 0.1) is 5.92 Å². The van der Waals surface area contributed by atoms with E-state index in [1.54, 1.807) is 0 Å². The molecule has 0 radical (unpaired) electrons. The van der Waals surface area contributed by atoms with Gasteiger partial charge in [0.05, 0.1) is 6.10 Å². The molecule has 0 amide bonds. The second kappa shape index (κ2) is 5.10. The van der Waals surface area contributed by atoms with Gasteiger partial charge in [0, 0.05) is 30.6 Å². The number of hydrogen-bond acceptors (Lipinski definition) is 3. The van der Waals surface area contributed by atoms with Crippen molar-refractivity contribution in [3.8, 4) is 0 Å². The summed E-state index contributed by atoms with van der Waals surface area (Å²) < 4.78 is 0. The summed E-state index contributed by atoms with van der Waals surface area (Å²) in [5, 5.41) is 16.7. The van der Waals surface area contributed by atoms with Gasteiger partial charge in [-0.05, 0) is 27.2 Å². The zero-order chi connectivity index (χ0) is 10.7. The third-order valence-corrected chi connectivity index (χ3v) is 3.49. The molecular weight excluding hydrogens is 176 g/mol. The molecule has 1 rings (SSSR count). The molecule has 1 aliphatic heterocycles. The molecule has 14 heavy (non-hydrogen) atoms. The van der Waals surface area contributed by atoms with Crippen LogP contribution in [-0.2, 0) is 0 Å². The lowest BCUT2D eigenvalue weighted by atomic mass is 9.89. The molecule has 84 valence electrons. The van der Waals surface area contributed by atoms with Gasteiger partial charge in [0.25, 0.3) is 0 Å². The second-order valence-electron chi connectivity index (χ2n) is 4.57. The number of piperazine rings is 1. The normalized spacial score (nSPS) is 37.9. The quantitative estimate of drug-likeness (QED) is 0.629. The largest absolute Gasteiger partial charge is 0.393 e. The van der Waals surface area contributed by atoms with Gasteiger partial charge in [-0.2, -0.15) is 0 Å². The number of aliphatic hydroxyl groups excluding tert-OH is 1.